The van der Waals surface area contributed by atoms with E-state index in [1.165, 1.54) is 17.4 Å². The van der Waals surface area contributed by atoms with E-state index in [9.17, 15) is 9.50 Å². The van der Waals surface area contributed by atoms with Crippen molar-refractivity contribution in [1.82, 2.24) is 4.98 Å². The van der Waals surface area contributed by atoms with Crippen molar-refractivity contribution in [3.8, 4) is 0 Å². The summed E-state index contributed by atoms with van der Waals surface area (Å²) < 4.78 is 13.4. The highest BCUT2D eigenvalue weighted by Crippen LogP contribution is 2.22. The minimum atomic E-state index is -0.378. The third kappa shape index (κ3) is 2.81. The second-order valence-electron chi connectivity index (χ2n) is 3.65. The lowest BCUT2D eigenvalue weighted by Crippen LogP contribution is -2.16. The molecule has 5 heteroatoms. The molecule has 1 heterocycles. The number of aromatic nitrogens is 1. The number of nitrogens with zero attached hydrogens (tertiary/aromatic N) is 1. The van der Waals surface area contributed by atoms with E-state index >= 15 is 0 Å². The number of para-hydroxylation sites is 1. The molecular formula is C12H13FN2OS. The van der Waals surface area contributed by atoms with Crippen LogP contribution in [0.3, 0.4) is 0 Å². The zero-order valence-corrected chi connectivity index (χ0v) is 10.2. The second-order valence-corrected chi connectivity index (χ2v) is 4.71. The fraction of sp³-hybridized carbons (Fsp3) is 0.250. The number of aliphatic hydroxyl groups is 1. The van der Waals surface area contributed by atoms with Crippen LogP contribution in [0.5, 0.6) is 0 Å². The van der Waals surface area contributed by atoms with Gasteiger partial charge in [0.2, 0.25) is 0 Å². The molecule has 1 aromatic heterocycles. The standard InChI is InChI=1S/C12H13FN2OS/c1-8-14-12(7-17-8)11(6-16)15-10-5-3-2-4-9(10)13/h2-5,7,11,15-16H,6H2,1H3. The Bertz CT molecular complexity index is 501. The normalized spacial score (nSPS) is 12.4. The Morgan fingerprint density at radius 2 is 2.24 bits per heavy atom. The van der Waals surface area contributed by atoms with Gasteiger partial charge in [0.05, 0.1) is 29.0 Å². The van der Waals surface area contributed by atoms with Crippen LogP contribution in [0.25, 0.3) is 0 Å². The first-order chi connectivity index (χ1) is 8.20. The predicted molar refractivity (Wildman–Crippen MR) is 66.7 cm³/mol. The Balaban J connectivity index is 2.18. The molecule has 0 fully saturated rings. The van der Waals surface area contributed by atoms with Crippen LogP contribution in [-0.2, 0) is 0 Å². The number of aliphatic hydroxyl groups excluding tert-OH is 1. The van der Waals surface area contributed by atoms with Gasteiger partial charge in [-0.1, -0.05) is 12.1 Å². The molecule has 2 rings (SSSR count). The highest BCUT2D eigenvalue weighted by atomic mass is 32.1. The minimum absolute atomic E-state index is 0.127. The minimum Gasteiger partial charge on any atom is -0.394 e. The van der Waals surface area contributed by atoms with Gasteiger partial charge in [-0.15, -0.1) is 11.3 Å². The zero-order valence-electron chi connectivity index (χ0n) is 9.35. The molecule has 3 nitrogen and oxygen atoms in total. The SMILES string of the molecule is Cc1nc(C(CO)Nc2ccccc2F)cs1. The van der Waals surface area contributed by atoms with Crippen LogP contribution >= 0.6 is 11.3 Å². The maximum absolute atomic E-state index is 13.4. The van der Waals surface area contributed by atoms with Crippen molar-refractivity contribution in [1.29, 1.82) is 0 Å². The third-order valence-electron chi connectivity index (χ3n) is 2.38. The Labute approximate surface area is 103 Å². The van der Waals surface area contributed by atoms with Crippen molar-refractivity contribution >= 4 is 17.0 Å². The van der Waals surface area contributed by atoms with Gasteiger partial charge in [-0.25, -0.2) is 9.37 Å². The molecule has 0 saturated heterocycles. The van der Waals surface area contributed by atoms with Crippen LogP contribution in [0.4, 0.5) is 10.1 Å². The second kappa shape index (κ2) is 5.25. The summed E-state index contributed by atoms with van der Waals surface area (Å²) in [5.41, 5.74) is 1.11. The Hall–Kier alpha value is -1.46. The fourth-order valence-electron chi connectivity index (χ4n) is 1.52. The van der Waals surface area contributed by atoms with E-state index in [4.69, 9.17) is 0 Å². The molecule has 0 spiro atoms. The molecule has 90 valence electrons. The third-order valence-corrected chi connectivity index (χ3v) is 3.17. The quantitative estimate of drug-likeness (QED) is 0.879. The number of halogens is 1. The number of anilines is 1. The van der Waals surface area contributed by atoms with Gasteiger partial charge >= 0.3 is 0 Å². The van der Waals surface area contributed by atoms with Crippen LogP contribution in [0.15, 0.2) is 29.6 Å². The molecule has 1 aromatic carbocycles. The highest BCUT2D eigenvalue weighted by molar-refractivity contribution is 7.09. The Kier molecular flexibility index (Phi) is 3.71. The zero-order chi connectivity index (χ0) is 12.3. The molecule has 1 atom stereocenters. The summed E-state index contributed by atoms with van der Waals surface area (Å²) >= 11 is 1.51. The molecule has 0 amide bonds. The average molecular weight is 252 g/mol. The van der Waals surface area contributed by atoms with Gasteiger partial charge < -0.3 is 10.4 Å². The molecule has 0 aliphatic carbocycles. The summed E-state index contributed by atoms with van der Waals surface area (Å²) in [6.07, 6.45) is 0. The van der Waals surface area contributed by atoms with E-state index in [1.54, 1.807) is 18.2 Å². The summed E-state index contributed by atoms with van der Waals surface area (Å²) in [5.74, 6) is -0.335. The van der Waals surface area contributed by atoms with Crippen molar-refractivity contribution in [2.24, 2.45) is 0 Å². The largest absolute Gasteiger partial charge is 0.394 e. The molecule has 17 heavy (non-hydrogen) atoms. The monoisotopic (exact) mass is 252 g/mol. The number of aryl methyl sites for hydroxylation is 1. The Morgan fingerprint density at radius 3 is 2.82 bits per heavy atom. The van der Waals surface area contributed by atoms with E-state index in [0.717, 1.165) is 10.7 Å². The molecule has 0 aliphatic heterocycles. The number of rotatable bonds is 4. The topological polar surface area (TPSA) is 45.2 Å². The summed E-state index contributed by atoms with van der Waals surface area (Å²) in [6, 6.07) is 6.00. The van der Waals surface area contributed by atoms with Crippen LogP contribution in [0.2, 0.25) is 0 Å². The molecule has 0 aliphatic rings. The Morgan fingerprint density at radius 1 is 1.47 bits per heavy atom. The van der Waals surface area contributed by atoms with Gasteiger partial charge in [-0.2, -0.15) is 0 Å². The number of thiazole rings is 1. The van der Waals surface area contributed by atoms with Gasteiger partial charge in [-0.05, 0) is 19.1 Å². The summed E-state index contributed by atoms with van der Waals surface area (Å²) in [4.78, 5) is 4.28. The number of hydrogen-bond acceptors (Lipinski definition) is 4. The first kappa shape index (κ1) is 12.0. The van der Waals surface area contributed by atoms with Crippen LogP contribution < -0.4 is 5.32 Å². The lowest BCUT2D eigenvalue weighted by Gasteiger charge is -2.15. The van der Waals surface area contributed by atoms with Crippen molar-refractivity contribution < 1.29 is 9.50 Å². The van der Waals surface area contributed by atoms with Crippen molar-refractivity contribution in [2.75, 3.05) is 11.9 Å². The molecule has 0 bridgehead atoms. The first-order valence-corrected chi connectivity index (χ1v) is 6.12. The van der Waals surface area contributed by atoms with Gasteiger partial charge in [0.25, 0.3) is 0 Å². The fourth-order valence-corrected chi connectivity index (χ4v) is 2.19. The van der Waals surface area contributed by atoms with Crippen LogP contribution in [0, 0.1) is 12.7 Å². The molecule has 0 radical (unpaired) electrons. The average Bonchev–Trinajstić information content (AvgIpc) is 2.75. The maximum atomic E-state index is 13.4. The lowest BCUT2D eigenvalue weighted by molar-refractivity contribution is 0.274. The van der Waals surface area contributed by atoms with E-state index < -0.39 is 0 Å². The summed E-state index contributed by atoms with van der Waals surface area (Å²) in [5, 5.41) is 15.1. The van der Waals surface area contributed by atoms with Gasteiger partial charge in [0, 0.05) is 5.38 Å². The number of benzene rings is 1. The van der Waals surface area contributed by atoms with E-state index in [2.05, 4.69) is 10.3 Å². The van der Waals surface area contributed by atoms with Crippen LogP contribution in [0.1, 0.15) is 16.7 Å². The van der Waals surface area contributed by atoms with E-state index in [1.807, 2.05) is 12.3 Å². The van der Waals surface area contributed by atoms with Gasteiger partial charge in [0.15, 0.2) is 0 Å². The van der Waals surface area contributed by atoms with E-state index in [0.29, 0.717) is 5.69 Å². The molecular weight excluding hydrogens is 239 g/mol. The molecule has 1 unspecified atom stereocenters. The highest BCUT2D eigenvalue weighted by Gasteiger charge is 2.14. The summed E-state index contributed by atoms with van der Waals surface area (Å²) in [6.45, 7) is 1.77. The van der Waals surface area contributed by atoms with Crippen molar-refractivity contribution in [3.63, 3.8) is 0 Å². The maximum Gasteiger partial charge on any atom is 0.146 e. The van der Waals surface area contributed by atoms with Gasteiger partial charge in [-0.3, -0.25) is 0 Å². The lowest BCUT2D eigenvalue weighted by atomic mass is 10.2. The van der Waals surface area contributed by atoms with Crippen LogP contribution in [-0.4, -0.2) is 16.7 Å². The van der Waals surface area contributed by atoms with Crippen molar-refractivity contribution in [2.45, 2.75) is 13.0 Å². The van der Waals surface area contributed by atoms with Gasteiger partial charge in [0.1, 0.15) is 5.82 Å². The smallest absolute Gasteiger partial charge is 0.146 e. The summed E-state index contributed by atoms with van der Waals surface area (Å²) in [7, 11) is 0. The molecule has 0 saturated carbocycles. The number of nitrogens with one attached hydrogen (secondary N) is 1. The molecule has 2 aromatic rings. The molecule has 2 N–H and O–H groups in total. The first-order valence-electron chi connectivity index (χ1n) is 5.24. The number of hydrogen-bond donors (Lipinski definition) is 2. The predicted octanol–water partition coefficient (Wildman–Crippen LogP) is 2.74. The van der Waals surface area contributed by atoms with E-state index in [-0.39, 0.29) is 18.5 Å². The van der Waals surface area contributed by atoms with Crippen molar-refractivity contribution in [3.05, 3.63) is 46.2 Å².